The molecular weight excluding hydrogens is 292 g/mol. The third-order valence-corrected chi connectivity index (χ3v) is 3.75. The summed E-state index contributed by atoms with van der Waals surface area (Å²) in [5, 5.41) is 9.24. The average Bonchev–Trinajstić information content (AvgIpc) is 2.89. The Hall–Kier alpha value is -2.20. The van der Waals surface area contributed by atoms with Crippen molar-refractivity contribution < 1.29 is 19.4 Å². The Morgan fingerprint density at radius 1 is 1.33 bits per heavy atom. The van der Waals surface area contributed by atoms with E-state index in [-0.39, 0.29) is 16.5 Å². The molecule has 1 aliphatic rings. The van der Waals surface area contributed by atoms with Gasteiger partial charge >= 0.3 is 5.97 Å². The predicted octanol–water partition coefficient (Wildman–Crippen LogP) is 3.59. The molecule has 0 aromatic heterocycles. The third kappa shape index (κ3) is 2.81. The fourth-order valence-electron chi connectivity index (χ4n) is 2.32. The molecule has 0 amide bonds. The average molecular weight is 305 g/mol. The van der Waals surface area contributed by atoms with Gasteiger partial charge in [-0.15, -0.1) is 0 Å². The van der Waals surface area contributed by atoms with Crippen LogP contribution in [0.15, 0.2) is 42.5 Å². The number of carboxylic acids is 1. The highest BCUT2D eigenvalue weighted by molar-refractivity contribution is 6.33. The van der Waals surface area contributed by atoms with Gasteiger partial charge < -0.3 is 14.6 Å². The van der Waals surface area contributed by atoms with Crippen LogP contribution in [0.3, 0.4) is 0 Å². The number of fused-ring (bicyclic) bond motifs is 1. The van der Waals surface area contributed by atoms with Crippen LogP contribution in [-0.4, -0.2) is 24.3 Å². The van der Waals surface area contributed by atoms with Crippen molar-refractivity contribution in [1.29, 1.82) is 0 Å². The Morgan fingerprint density at radius 2 is 2.14 bits per heavy atom. The number of benzene rings is 2. The molecule has 5 heteroatoms. The molecule has 2 aromatic carbocycles. The van der Waals surface area contributed by atoms with Gasteiger partial charge in [-0.2, -0.15) is 0 Å². The number of ether oxygens (including phenoxy) is 2. The minimum absolute atomic E-state index is 0.0391. The van der Waals surface area contributed by atoms with Crippen molar-refractivity contribution in [2.24, 2.45) is 0 Å². The summed E-state index contributed by atoms with van der Waals surface area (Å²) in [4.78, 5) is 11.0. The van der Waals surface area contributed by atoms with E-state index in [1.807, 2.05) is 24.3 Å². The summed E-state index contributed by atoms with van der Waals surface area (Å²) in [6.07, 6.45) is 0. The highest BCUT2D eigenvalue weighted by atomic mass is 35.5. The van der Waals surface area contributed by atoms with Gasteiger partial charge in [-0.3, -0.25) is 0 Å². The molecule has 0 spiro atoms. The van der Waals surface area contributed by atoms with Gasteiger partial charge in [0.25, 0.3) is 0 Å². The van der Waals surface area contributed by atoms with Crippen LogP contribution < -0.4 is 9.47 Å². The van der Waals surface area contributed by atoms with Gasteiger partial charge in [-0.25, -0.2) is 4.79 Å². The maximum atomic E-state index is 11.0. The van der Waals surface area contributed by atoms with Crippen molar-refractivity contribution in [3.63, 3.8) is 0 Å². The van der Waals surface area contributed by atoms with Crippen molar-refractivity contribution >= 4 is 17.6 Å². The molecule has 2 aromatic rings. The molecule has 1 heterocycles. The second-order valence-electron chi connectivity index (χ2n) is 4.80. The lowest BCUT2D eigenvalue weighted by atomic mass is 10.0. The van der Waals surface area contributed by atoms with Gasteiger partial charge in [0, 0.05) is 5.56 Å². The Morgan fingerprint density at radius 3 is 2.95 bits per heavy atom. The number of carbonyl (C=O) groups is 1. The van der Waals surface area contributed by atoms with Crippen LogP contribution in [0.25, 0.3) is 0 Å². The van der Waals surface area contributed by atoms with Crippen LogP contribution in [0.5, 0.6) is 11.5 Å². The fourth-order valence-corrected chi connectivity index (χ4v) is 2.52. The van der Waals surface area contributed by atoms with Gasteiger partial charge in [0.05, 0.1) is 29.7 Å². The molecule has 0 bridgehead atoms. The Balaban J connectivity index is 1.72. The van der Waals surface area contributed by atoms with Crippen LogP contribution in [-0.2, 0) is 0 Å². The number of aromatic carboxylic acids is 1. The summed E-state index contributed by atoms with van der Waals surface area (Å²) in [6.45, 7) is 0.996. The van der Waals surface area contributed by atoms with Crippen LogP contribution in [0.2, 0.25) is 5.02 Å². The van der Waals surface area contributed by atoms with E-state index in [9.17, 15) is 4.79 Å². The molecule has 0 saturated heterocycles. The van der Waals surface area contributed by atoms with Crippen molar-refractivity contribution in [3.8, 4) is 11.5 Å². The maximum Gasteiger partial charge on any atom is 0.337 e. The Bertz CT molecular complexity index is 684. The number of halogens is 1. The molecule has 108 valence electrons. The second kappa shape index (κ2) is 5.66. The molecule has 0 saturated carbocycles. The van der Waals surface area contributed by atoms with Gasteiger partial charge in [-0.1, -0.05) is 29.8 Å². The minimum Gasteiger partial charge on any atom is -0.493 e. The third-order valence-electron chi connectivity index (χ3n) is 3.42. The molecule has 0 aliphatic carbocycles. The lowest BCUT2D eigenvalue weighted by Crippen LogP contribution is -2.12. The summed E-state index contributed by atoms with van der Waals surface area (Å²) in [7, 11) is 0. The highest BCUT2D eigenvalue weighted by Gasteiger charge is 2.24. The molecule has 1 aliphatic heterocycles. The SMILES string of the molecule is O=C(O)c1cc(OCC2COc3ccccc32)ccc1Cl. The quantitative estimate of drug-likeness (QED) is 0.938. The van der Waals surface area contributed by atoms with Crippen LogP contribution >= 0.6 is 11.6 Å². The van der Waals surface area contributed by atoms with E-state index >= 15 is 0 Å². The van der Waals surface area contributed by atoms with Crippen LogP contribution in [0.4, 0.5) is 0 Å². The van der Waals surface area contributed by atoms with Crippen molar-refractivity contribution in [1.82, 2.24) is 0 Å². The molecule has 1 atom stereocenters. The Kier molecular flexibility index (Phi) is 3.71. The summed E-state index contributed by atoms with van der Waals surface area (Å²) in [5.41, 5.74) is 1.15. The van der Waals surface area contributed by atoms with E-state index < -0.39 is 5.97 Å². The zero-order valence-corrected chi connectivity index (χ0v) is 11.8. The largest absolute Gasteiger partial charge is 0.493 e. The lowest BCUT2D eigenvalue weighted by Gasteiger charge is -2.12. The predicted molar refractivity (Wildman–Crippen MR) is 78.6 cm³/mol. The first-order valence-corrected chi connectivity index (χ1v) is 6.90. The molecule has 1 unspecified atom stereocenters. The molecule has 4 nitrogen and oxygen atoms in total. The maximum absolute atomic E-state index is 11.0. The van der Waals surface area contributed by atoms with Crippen molar-refractivity contribution in [3.05, 3.63) is 58.6 Å². The Labute approximate surface area is 126 Å². The first kappa shape index (κ1) is 13.8. The number of hydrogen-bond acceptors (Lipinski definition) is 3. The first-order valence-electron chi connectivity index (χ1n) is 6.52. The van der Waals surface area contributed by atoms with E-state index in [2.05, 4.69) is 0 Å². The van der Waals surface area contributed by atoms with Gasteiger partial charge in [0.15, 0.2) is 0 Å². The number of rotatable bonds is 4. The van der Waals surface area contributed by atoms with E-state index in [1.165, 1.54) is 12.1 Å². The summed E-state index contributed by atoms with van der Waals surface area (Å²) < 4.78 is 11.3. The van der Waals surface area contributed by atoms with Crippen molar-refractivity contribution in [2.75, 3.05) is 13.2 Å². The normalized spacial score (nSPS) is 16.1. The monoisotopic (exact) mass is 304 g/mol. The minimum atomic E-state index is -1.07. The molecule has 3 rings (SSSR count). The lowest BCUT2D eigenvalue weighted by molar-refractivity contribution is 0.0696. The summed E-state index contributed by atoms with van der Waals surface area (Å²) in [6, 6.07) is 12.5. The highest BCUT2D eigenvalue weighted by Crippen LogP contribution is 2.34. The standard InChI is InChI=1S/C16H13ClO4/c17-14-6-5-11(7-13(14)16(18)19)20-8-10-9-21-15-4-2-1-3-12(10)15/h1-7,10H,8-9H2,(H,18,19). The molecule has 0 radical (unpaired) electrons. The molecule has 21 heavy (non-hydrogen) atoms. The smallest absolute Gasteiger partial charge is 0.337 e. The topological polar surface area (TPSA) is 55.8 Å². The van der Waals surface area contributed by atoms with Gasteiger partial charge in [-0.05, 0) is 24.3 Å². The molecule has 1 N–H and O–H groups in total. The number of hydrogen-bond donors (Lipinski definition) is 1. The second-order valence-corrected chi connectivity index (χ2v) is 5.21. The number of carboxylic acid groups (broad SMARTS) is 1. The van der Waals surface area contributed by atoms with Gasteiger partial charge in [0.2, 0.25) is 0 Å². The fraction of sp³-hybridized carbons (Fsp3) is 0.188. The molecular formula is C16H13ClO4. The number of para-hydroxylation sites is 1. The van der Waals surface area contributed by atoms with Crippen LogP contribution in [0.1, 0.15) is 21.8 Å². The zero-order valence-electron chi connectivity index (χ0n) is 11.1. The van der Waals surface area contributed by atoms with Gasteiger partial charge in [0.1, 0.15) is 11.5 Å². The summed E-state index contributed by atoms with van der Waals surface area (Å²) in [5.74, 6) is 0.444. The van der Waals surface area contributed by atoms with Crippen LogP contribution in [0, 0.1) is 0 Å². The summed E-state index contributed by atoms with van der Waals surface area (Å²) >= 11 is 5.83. The molecule has 0 fully saturated rings. The van der Waals surface area contributed by atoms with Crippen molar-refractivity contribution in [2.45, 2.75) is 5.92 Å². The van der Waals surface area contributed by atoms with E-state index in [0.29, 0.717) is 19.0 Å². The zero-order chi connectivity index (χ0) is 14.8. The first-order chi connectivity index (χ1) is 10.1. The van der Waals surface area contributed by atoms with E-state index in [0.717, 1.165) is 11.3 Å². The van der Waals surface area contributed by atoms with E-state index in [1.54, 1.807) is 6.07 Å². The van der Waals surface area contributed by atoms with E-state index in [4.69, 9.17) is 26.2 Å².